The number of carbonyl (C=O) groups is 1. The molecule has 6 rings (SSSR count). The van der Waals surface area contributed by atoms with Crippen molar-refractivity contribution < 1.29 is 9.90 Å². The van der Waals surface area contributed by atoms with Crippen molar-refractivity contribution in [1.82, 2.24) is 4.98 Å². The molecule has 4 heteroatoms. The summed E-state index contributed by atoms with van der Waals surface area (Å²) in [7, 11) is 0. The molecule has 1 aromatic heterocycles. The van der Waals surface area contributed by atoms with Crippen LogP contribution in [-0.2, 0) is 0 Å². The number of rotatable bonds is 2. The highest BCUT2D eigenvalue weighted by Gasteiger charge is 2.65. The molecule has 0 aromatic carbocycles. The SMILES string of the molecule is C[C@]12CC[C@@H]3[C@H]4CC[C@]5(O)CC5[C@H]4CC[C@H]3[C@@H]1CC[C@@H]2C(=O)c1nccs1. The predicted molar refractivity (Wildman–Crippen MR) is 105 cm³/mol. The van der Waals surface area contributed by atoms with Crippen LogP contribution in [-0.4, -0.2) is 21.5 Å². The van der Waals surface area contributed by atoms with Crippen molar-refractivity contribution in [2.45, 2.75) is 70.3 Å². The van der Waals surface area contributed by atoms with E-state index in [1.54, 1.807) is 6.20 Å². The Kier molecular flexibility index (Phi) is 3.59. The Morgan fingerprint density at radius 1 is 1.04 bits per heavy atom. The van der Waals surface area contributed by atoms with Crippen LogP contribution in [0.3, 0.4) is 0 Å². The van der Waals surface area contributed by atoms with Gasteiger partial charge in [-0.15, -0.1) is 11.3 Å². The summed E-state index contributed by atoms with van der Waals surface area (Å²) in [4.78, 5) is 17.5. The normalized spacial score (nSPS) is 53.0. The zero-order valence-corrected chi connectivity index (χ0v) is 17.1. The highest BCUT2D eigenvalue weighted by molar-refractivity contribution is 7.11. The van der Waals surface area contributed by atoms with Crippen LogP contribution in [0.4, 0.5) is 0 Å². The first-order valence-electron chi connectivity index (χ1n) is 11.2. The van der Waals surface area contributed by atoms with E-state index in [1.807, 2.05) is 5.38 Å². The molecule has 5 aliphatic carbocycles. The quantitative estimate of drug-likeness (QED) is 0.732. The lowest BCUT2D eigenvalue weighted by molar-refractivity contribution is -0.0764. The maximum absolute atomic E-state index is 13.2. The third-order valence-corrected chi connectivity index (χ3v) is 10.7. The third-order valence-electron chi connectivity index (χ3n) is 9.92. The predicted octanol–water partition coefficient (Wildman–Crippen LogP) is 4.96. The monoisotopic (exact) mass is 385 g/mol. The van der Waals surface area contributed by atoms with Crippen LogP contribution in [0.15, 0.2) is 11.6 Å². The smallest absolute Gasteiger partial charge is 0.194 e. The number of aliphatic hydroxyl groups is 1. The summed E-state index contributed by atoms with van der Waals surface area (Å²) in [5.41, 5.74) is -0.0818. The summed E-state index contributed by atoms with van der Waals surface area (Å²) < 4.78 is 0. The molecule has 0 bridgehead atoms. The summed E-state index contributed by atoms with van der Waals surface area (Å²) in [6, 6.07) is 0. The Morgan fingerprint density at radius 3 is 2.52 bits per heavy atom. The van der Waals surface area contributed by atoms with Gasteiger partial charge in [0.05, 0.1) is 5.60 Å². The topological polar surface area (TPSA) is 50.2 Å². The molecule has 5 saturated carbocycles. The second-order valence-electron chi connectivity index (χ2n) is 10.7. The van der Waals surface area contributed by atoms with E-state index in [-0.39, 0.29) is 16.9 Å². The van der Waals surface area contributed by atoms with Gasteiger partial charge in [-0.2, -0.15) is 0 Å². The molecule has 0 radical (unpaired) electrons. The lowest BCUT2D eigenvalue weighted by Crippen LogP contribution is -2.50. The molecule has 146 valence electrons. The standard InChI is InChI=1S/C23H31NO2S/c1-22-8-6-13-14-7-9-23(26)12-19(23)16(14)3-2-15(13)17(22)4-5-18(22)20(25)21-24-10-11-27-21/h10-11,13-19,26H,2-9,12H2,1H3/t13-,14-,15-,16+,17+,18-,19?,22+,23+/m1/s1. The van der Waals surface area contributed by atoms with Gasteiger partial charge in [0.1, 0.15) is 0 Å². The Balaban J connectivity index is 1.25. The Morgan fingerprint density at radius 2 is 1.78 bits per heavy atom. The summed E-state index contributed by atoms with van der Waals surface area (Å²) in [6.07, 6.45) is 12.7. The van der Waals surface area contributed by atoms with Crippen molar-refractivity contribution in [3.63, 3.8) is 0 Å². The van der Waals surface area contributed by atoms with E-state index in [0.29, 0.717) is 11.7 Å². The van der Waals surface area contributed by atoms with Crippen molar-refractivity contribution >= 4 is 17.1 Å². The molecule has 9 atom stereocenters. The average Bonchev–Trinajstić information content (AvgIpc) is 3.01. The van der Waals surface area contributed by atoms with Crippen molar-refractivity contribution in [3.05, 3.63) is 16.6 Å². The van der Waals surface area contributed by atoms with E-state index in [4.69, 9.17) is 0 Å². The molecule has 0 aliphatic heterocycles. The van der Waals surface area contributed by atoms with Crippen LogP contribution in [0.1, 0.15) is 74.5 Å². The number of hydrogen-bond donors (Lipinski definition) is 1. The van der Waals surface area contributed by atoms with Crippen LogP contribution in [0.25, 0.3) is 0 Å². The highest BCUT2D eigenvalue weighted by Crippen LogP contribution is 2.68. The largest absolute Gasteiger partial charge is 0.390 e. The van der Waals surface area contributed by atoms with Crippen LogP contribution in [0, 0.1) is 46.8 Å². The van der Waals surface area contributed by atoms with Gasteiger partial charge < -0.3 is 5.11 Å². The Hall–Kier alpha value is -0.740. The zero-order chi connectivity index (χ0) is 18.4. The zero-order valence-electron chi connectivity index (χ0n) is 16.3. The van der Waals surface area contributed by atoms with Crippen molar-refractivity contribution in [2.75, 3.05) is 0 Å². The average molecular weight is 386 g/mol. The van der Waals surface area contributed by atoms with Gasteiger partial charge in [-0.3, -0.25) is 4.79 Å². The van der Waals surface area contributed by atoms with E-state index in [9.17, 15) is 9.90 Å². The fraction of sp³-hybridized carbons (Fsp3) is 0.826. The van der Waals surface area contributed by atoms with Crippen molar-refractivity contribution in [3.8, 4) is 0 Å². The molecule has 1 N–H and O–H groups in total. The third kappa shape index (κ3) is 2.29. The summed E-state index contributed by atoms with van der Waals surface area (Å²) >= 11 is 1.51. The summed E-state index contributed by atoms with van der Waals surface area (Å²) in [6.45, 7) is 2.43. The van der Waals surface area contributed by atoms with E-state index in [1.165, 1.54) is 49.9 Å². The number of thiazole rings is 1. The van der Waals surface area contributed by atoms with Gasteiger partial charge in [0.2, 0.25) is 0 Å². The molecular weight excluding hydrogens is 354 g/mol. The maximum atomic E-state index is 13.2. The number of Topliss-reactive ketones (excluding diaryl/α,β-unsaturated/α-hetero) is 1. The van der Waals surface area contributed by atoms with Gasteiger partial charge in [0.15, 0.2) is 10.8 Å². The maximum Gasteiger partial charge on any atom is 0.194 e. The summed E-state index contributed by atoms with van der Waals surface area (Å²) in [5.74, 6) is 5.19. The first-order chi connectivity index (χ1) is 13.0. The fourth-order valence-electron chi connectivity index (χ4n) is 8.61. The number of aromatic nitrogens is 1. The molecular formula is C23H31NO2S. The van der Waals surface area contributed by atoms with Crippen LogP contribution < -0.4 is 0 Å². The molecule has 0 amide bonds. The molecule has 0 saturated heterocycles. The second-order valence-corrected chi connectivity index (χ2v) is 11.6. The van der Waals surface area contributed by atoms with Gasteiger partial charge in [0, 0.05) is 17.5 Å². The van der Waals surface area contributed by atoms with E-state index < -0.39 is 0 Å². The lowest BCUT2D eigenvalue weighted by Gasteiger charge is -2.55. The van der Waals surface area contributed by atoms with Crippen LogP contribution in [0.2, 0.25) is 0 Å². The molecule has 5 aliphatic rings. The number of carbonyl (C=O) groups excluding carboxylic acids is 1. The summed E-state index contributed by atoms with van der Waals surface area (Å²) in [5, 5.41) is 13.3. The Labute approximate surface area is 166 Å². The first kappa shape index (κ1) is 17.1. The number of nitrogens with zero attached hydrogens (tertiary/aromatic N) is 1. The molecule has 1 heterocycles. The fourth-order valence-corrected chi connectivity index (χ4v) is 9.24. The van der Waals surface area contributed by atoms with E-state index in [0.717, 1.165) is 53.9 Å². The van der Waals surface area contributed by atoms with Crippen LogP contribution >= 0.6 is 11.3 Å². The lowest BCUT2D eigenvalue weighted by atomic mass is 9.49. The van der Waals surface area contributed by atoms with Gasteiger partial charge in [-0.05, 0) is 98.7 Å². The van der Waals surface area contributed by atoms with E-state index in [2.05, 4.69) is 11.9 Å². The number of hydrogen-bond acceptors (Lipinski definition) is 4. The van der Waals surface area contributed by atoms with Crippen molar-refractivity contribution in [1.29, 1.82) is 0 Å². The Bertz CT molecular complexity index is 762. The molecule has 3 nitrogen and oxygen atoms in total. The molecule has 5 fully saturated rings. The minimum Gasteiger partial charge on any atom is -0.390 e. The number of ketones is 1. The second kappa shape index (κ2) is 5.66. The molecule has 27 heavy (non-hydrogen) atoms. The molecule has 0 spiro atoms. The molecule has 1 aromatic rings. The minimum atomic E-state index is -0.268. The molecule has 1 unspecified atom stereocenters. The van der Waals surface area contributed by atoms with Crippen molar-refractivity contribution in [2.24, 2.45) is 46.8 Å². The first-order valence-corrected chi connectivity index (χ1v) is 12.1. The minimum absolute atomic E-state index is 0.186. The van der Waals surface area contributed by atoms with E-state index >= 15 is 0 Å². The van der Waals surface area contributed by atoms with Gasteiger partial charge in [0.25, 0.3) is 0 Å². The van der Waals surface area contributed by atoms with Gasteiger partial charge >= 0.3 is 0 Å². The van der Waals surface area contributed by atoms with Crippen LogP contribution in [0.5, 0.6) is 0 Å². The van der Waals surface area contributed by atoms with Gasteiger partial charge in [-0.25, -0.2) is 4.98 Å². The van der Waals surface area contributed by atoms with Gasteiger partial charge in [-0.1, -0.05) is 6.92 Å². The highest BCUT2D eigenvalue weighted by atomic mass is 32.1. The number of fused-ring (bicyclic) bond motifs is 7.